The molecule has 2 nitrogen and oxygen atoms in total. The van der Waals surface area contributed by atoms with Crippen molar-refractivity contribution < 1.29 is 0 Å². The lowest BCUT2D eigenvalue weighted by molar-refractivity contribution is 0.0224. The molecule has 0 aliphatic carbocycles. The molecule has 21 heavy (non-hydrogen) atoms. The Labute approximate surface area is 138 Å². The first-order valence-electron chi connectivity index (χ1n) is 8.18. The first kappa shape index (κ1) is 17.3. The molecule has 2 heterocycles. The highest BCUT2D eigenvalue weighted by Crippen LogP contribution is 2.36. The lowest BCUT2D eigenvalue weighted by Crippen LogP contribution is -2.65. The summed E-state index contributed by atoms with van der Waals surface area (Å²) in [6.07, 6.45) is 2.37. The minimum absolute atomic E-state index is 0.265. The second-order valence-electron chi connectivity index (χ2n) is 6.67. The maximum absolute atomic E-state index is 6.14. The van der Waals surface area contributed by atoms with Crippen molar-refractivity contribution in [3.63, 3.8) is 0 Å². The molecule has 2 rings (SSSR count). The van der Waals surface area contributed by atoms with Gasteiger partial charge in [-0.1, -0.05) is 39.3 Å². The van der Waals surface area contributed by atoms with Crippen molar-refractivity contribution in [1.82, 2.24) is 10.2 Å². The Morgan fingerprint density at radius 3 is 2.48 bits per heavy atom. The van der Waals surface area contributed by atoms with Gasteiger partial charge in [-0.25, -0.2) is 0 Å². The Kier molecular flexibility index (Phi) is 5.75. The van der Waals surface area contributed by atoms with E-state index in [-0.39, 0.29) is 5.54 Å². The maximum atomic E-state index is 6.14. The standard InChI is InChI=1S/C17H29ClN2S/c1-6-17(7-2)11-20(14(10-19-17)12(3)4)13(5)15-8-9-16(18)21-15/h8-9,12-14,19H,6-7,10-11H2,1-5H3. The summed E-state index contributed by atoms with van der Waals surface area (Å²) in [4.78, 5) is 4.09. The van der Waals surface area contributed by atoms with Crippen molar-refractivity contribution in [2.24, 2.45) is 5.92 Å². The molecule has 1 aromatic heterocycles. The van der Waals surface area contributed by atoms with Gasteiger partial charge in [-0.05, 0) is 37.8 Å². The van der Waals surface area contributed by atoms with Crippen LogP contribution in [0.2, 0.25) is 4.34 Å². The van der Waals surface area contributed by atoms with Gasteiger partial charge in [-0.3, -0.25) is 4.90 Å². The molecule has 0 bridgehead atoms. The highest BCUT2D eigenvalue weighted by atomic mass is 35.5. The smallest absolute Gasteiger partial charge is 0.0931 e. The fourth-order valence-electron chi connectivity index (χ4n) is 3.44. The van der Waals surface area contributed by atoms with E-state index in [1.807, 2.05) is 6.07 Å². The van der Waals surface area contributed by atoms with Gasteiger partial charge in [0.15, 0.2) is 0 Å². The van der Waals surface area contributed by atoms with Gasteiger partial charge >= 0.3 is 0 Å². The predicted octanol–water partition coefficient (Wildman–Crippen LogP) is 4.95. The van der Waals surface area contributed by atoms with Crippen LogP contribution in [0.5, 0.6) is 0 Å². The number of rotatable bonds is 5. The van der Waals surface area contributed by atoms with Gasteiger partial charge in [0.05, 0.1) is 4.34 Å². The summed E-state index contributed by atoms with van der Waals surface area (Å²) in [6, 6.07) is 5.25. The van der Waals surface area contributed by atoms with Gasteiger partial charge in [-0.15, -0.1) is 11.3 Å². The maximum Gasteiger partial charge on any atom is 0.0931 e. The average molecular weight is 329 g/mol. The van der Waals surface area contributed by atoms with Gasteiger partial charge < -0.3 is 5.32 Å². The van der Waals surface area contributed by atoms with Crippen molar-refractivity contribution in [1.29, 1.82) is 0 Å². The summed E-state index contributed by atoms with van der Waals surface area (Å²) in [5.41, 5.74) is 0.265. The van der Waals surface area contributed by atoms with Crippen LogP contribution in [0, 0.1) is 5.92 Å². The molecule has 0 saturated carbocycles. The Bertz CT molecular complexity index is 453. The average Bonchev–Trinajstić information content (AvgIpc) is 2.92. The van der Waals surface area contributed by atoms with Crippen LogP contribution < -0.4 is 5.32 Å². The SMILES string of the molecule is CCC1(CC)CN(C(C)c2ccc(Cl)s2)C(C(C)C)CN1. The number of nitrogens with zero attached hydrogens (tertiary/aromatic N) is 1. The zero-order valence-corrected chi connectivity index (χ0v) is 15.5. The summed E-state index contributed by atoms with van der Waals surface area (Å²) in [5, 5.41) is 3.84. The molecule has 1 aliphatic heterocycles. The van der Waals surface area contributed by atoms with E-state index in [4.69, 9.17) is 11.6 Å². The molecule has 0 aromatic carbocycles. The molecular weight excluding hydrogens is 300 g/mol. The van der Waals surface area contributed by atoms with Crippen LogP contribution in [0.3, 0.4) is 0 Å². The molecular formula is C17H29ClN2S. The van der Waals surface area contributed by atoms with E-state index in [9.17, 15) is 0 Å². The number of hydrogen-bond donors (Lipinski definition) is 1. The van der Waals surface area contributed by atoms with Crippen LogP contribution in [0.4, 0.5) is 0 Å². The van der Waals surface area contributed by atoms with Crippen molar-refractivity contribution in [3.05, 3.63) is 21.3 Å². The molecule has 1 N–H and O–H groups in total. The van der Waals surface area contributed by atoms with Gasteiger partial charge in [-0.2, -0.15) is 0 Å². The van der Waals surface area contributed by atoms with Crippen molar-refractivity contribution >= 4 is 22.9 Å². The van der Waals surface area contributed by atoms with E-state index < -0.39 is 0 Å². The van der Waals surface area contributed by atoms with Gasteiger partial charge in [0.25, 0.3) is 0 Å². The van der Waals surface area contributed by atoms with Crippen molar-refractivity contribution in [2.75, 3.05) is 13.1 Å². The Morgan fingerprint density at radius 1 is 1.33 bits per heavy atom. The fourth-order valence-corrected chi connectivity index (χ4v) is 4.58. The minimum Gasteiger partial charge on any atom is -0.308 e. The van der Waals surface area contributed by atoms with E-state index in [1.54, 1.807) is 11.3 Å². The highest BCUT2D eigenvalue weighted by molar-refractivity contribution is 7.16. The molecule has 1 saturated heterocycles. The molecule has 2 atom stereocenters. The minimum atomic E-state index is 0.265. The number of hydrogen-bond acceptors (Lipinski definition) is 3. The lowest BCUT2D eigenvalue weighted by atomic mass is 9.85. The van der Waals surface area contributed by atoms with E-state index in [1.165, 1.54) is 17.7 Å². The first-order valence-corrected chi connectivity index (χ1v) is 9.38. The zero-order chi connectivity index (χ0) is 15.6. The highest BCUT2D eigenvalue weighted by Gasteiger charge is 2.40. The van der Waals surface area contributed by atoms with Crippen LogP contribution in [-0.2, 0) is 0 Å². The largest absolute Gasteiger partial charge is 0.308 e. The van der Waals surface area contributed by atoms with E-state index in [0.29, 0.717) is 18.0 Å². The third-order valence-electron chi connectivity index (χ3n) is 5.22. The topological polar surface area (TPSA) is 15.3 Å². The summed E-state index contributed by atoms with van der Waals surface area (Å²) in [7, 11) is 0. The normalized spacial score (nSPS) is 24.4. The van der Waals surface area contributed by atoms with E-state index >= 15 is 0 Å². The first-order chi connectivity index (χ1) is 9.92. The number of halogens is 1. The molecule has 0 radical (unpaired) electrons. The van der Waals surface area contributed by atoms with Gasteiger partial charge in [0.1, 0.15) is 0 Å². The molecule has 4 heteroatoms. The summed E-state index contributed by atoms with van der Waals surface area (Å²) in [5.74, 6) is 0.655. The van der Waals surface area contributed by atoms with E-state index in [2.05, 4.69) is 50.9 Å². The van der Waals surface area contributed by atoms with Crippen LogP contribution >= 0.6 is 22.9 Å². The molecule has 1 aliphatic rings. The lowest BCUT2D eigenvalue weighted by Gasteiger charge is -2.51. The third-order valence-corrected chi connectivity index (χ3v) is 6.63. The monoisotopic (exact) mass is 328 g/mol. The summed E-state index contributed by atoms with van der Waals surface area (Å²) in [6.45, 7) is 13.8. The van der Waals surface area contributed by atoms with Gasteiger partial charge in [0, 0.05) is 35.6 Å². The number of thiophene rings is 1. The second-order valence-corrected chi connectivity index (χ2v) is 8.42. The van der Waals surface area contributed by atoms with Crippen LogP contribution in [0.15, 0.2) is 12.1 Å². The van der Waals surface area contributed by atoms with Crippen LogP contribution in [-0.4, -0.2) is 29.6 Å². The Balaban J connectivity index is 2.25. The molecule has 1 fully saturated rings. The molecule has 2 unspecified atom stereocenters. The zero-order valence-electron chi connectivity index (χ0n) is 13.9. The summed E-state index contributed by atoms with van der Waals surface area (Å²) < 4.78 is 0.894. The molecule has 0 spiro atoms. The van der Waals surface area contributed by atoms with E-state index in [0.717, 1.165) is 17.4 Å². The fraction of sp³-hybridized carbons (Fsp3) is 0.765. The van der Waals surface area contributed by atoms with Crippen LogP contribution in [0.25, 0.3) is 0 Å². The van der Waals surface area contributed by atoms with Gasteiger partial charge in [0.2, 0.25) is 0 Å². The third kappa shape index (κ3) is 3.64. The Hall–Kier alpha value is -0.0900. The molecule has 1 aromatic rings. The molecule has 0 amide bonds. The predicted molar refractivity (Wildman–Crippen MR) is 94.4 cm³/mol. The van der Waals surface area contributed by atoms with Crippen LogP contribution in [0.1, 0.15) is 58.4 Å². The number of piperazine rings is 1. The van der Waals surface area contributed by atoms with Crippen molar-refractivity contribution in [3.8, 4) is 0 Å². The number of nitrogens with one attached hydrogen (secondary N) is 1. The van der Waals surface area contributed by atoms with Crippen molar-refractivity contribution in [2.45, 2.75) is 65.1 Å². The quantitative estimate of drug-likeness (QED) is 0.822. The second kappa shape index (κ2) is 6.99. The Morgan fingerprint density at radius 2 is 2.00 bits per heavy atom. The molecule has 120 valence electrons. The summed E-state index contributed by atoms with van der Waals surface area (Å²) >= 11 is 7.86.